The van der Waals surface area contributed by atoms with E-state index >= 15 is 0 Å². The summed E-state index contributed by atoms with van der Waals surface area (Å²) >= 11 is 3.43. The number of carbonyl (C=O) groups is 1. The van der Waals surface area contributed by atoms with Crippen molar-refractivity contribution in [2.45, 2.75) is 13.8 Å². The van der Waals surface area contributed by atoms with Crippen LogP contribution < -0.4 is 0 Å². The standard InChI is InChI=1S/C10H9BrN2O/c1-6-3-8-5-12-13(7(2)14)10(8)4-9(6)11/h3-5H,1-2H3. The zero-order valence-electron chi connectivity index (χ0n) is 7.91. The maximum absolute atomic E-state index is 11.2. The van der Waals surface area contributed by atoms with Crippen molar-refractivity contribution in [3.63, 3.8) is 0 Å². The fourth-order valence-corrected chi connectivity index (χ4v) is 1.74. The first-order valence-electron chi connectivity index (χ1n) is 4.24. The molecular formula is C10H9BrN2O. The summed E-state index contributed by atoms with van der Waals surface area (Å²) in [5, 5.41) is 5.01. The molecule has 0 amide bonds. The zero-order chi connectivity index (χ0) is 10.3. The van der Waals surface area contributed by atoms with Gasteiger partial charge in [0.15, 0.2) is 0 Å². The first kappa shape index (κ1) is 9.40. The Labute approximate surface area is 89.8 Å². The first-order chi connectivity index (χ1) is 6.59. The van der Waals surface area contributed by atoms with Gasteiger partial charge in [-0.3, -0.25) is 4.79 Å². The molecule has 0 atom stereocenters. The van der Waals surface area contributed by atoms with Gasteiger partial charge in [0.25, 0.3) is 0 Å². The van der Waals surface area contributed by atoms with Gasteiger partial charge < -0.3 is 0 Å². The lowest BCUT2D eigenvalue weighted by Crippen LogP contribution is -2.06. The van der Waals surface area contributed by atoms with Gasteiger partial charge in [0.1, 0.15) is 0 Å². The highest BCUT2D eigenvalue weighted by molar-refractivity contribution is 9.10. The molecule has 0 saturated carbocycles. The quantitative estimate of drug-likeness (QED) is 0.723. The Morgan fingerprint density at radius 3 is 2.86 bits per heavy atom. The Balaban J connectivity index is 2.80. The van der Waals surface area contributed by atoms with Crippen molar-refractivity contribution in [1.82, 2.24) is 9.78 Å². The summed E-state index contributed by atoms with van der Waals surface area (Å²) in [4.78, 5) is 11.2. The Kier molecular flexibility index (Phi) is 2.15. The number of aryl methyl sites for hydroxylation is 1. The summed E-state index contributed by atoms with van der Waals surface area (Å²) in [6.45, 7) is 3.51. The molecule has 72 valence electrons. The third-order valence-corrected chi connectivity index (χ3v) is 3.00. The van der Waals surface area contributed by atoms with Crippen molar-refractivity contribution in [2.24, 2.45) is 0 Å². The summed E-state index contributed by atoms with van der Waals surface area (Å²) in [7, 11) is 0. The van der Waals surface area contributed by atoms with Gasteiger partial charge in [-0.2, -0.15) is 5.10 Å². The lowest BCUT2D eigenvalue weighted by Gasteiger charge is -2.00. The molecule has 3 nitrogen and oxygen atoms in total. The normalized spacial score (nSPS) is 10.8. The topological polar surface area (TPSA) is 34.9 Å². The van der Waals surface area contributed by atoms with E-state index in [1.807, 2.05) is 19.1 Å². The van der Waals surface area contributed by atoms with Gasteiger partial charge in [0, 0.05) is 16.8 Å². The zero-order valence-corrected chi connectivity index (χ0v) is 9.50. The minimum Gasteiger partial charge on any atom is -0.273 e. The predicted octanol–water partition coefficient (Wildman–Crippen LogP) is 2.77. The van der Waals surface area contributed by atoms with Gasteiger partial charge in [-0.15, -0.1) is 0 Å². The van der Waals surface area contributed by atoms with E-state index in [0.29, 0.717) is 0 Å². The van der Waals surface area contributed by atoms with Crippen molar-refractivity contribution in [1.29, 1.82) is 0 Å². The second kappa shape index (κ2) is 3.20. The van der Waals surface area contributed by atoms with Crippen LogP contribution in [0.25, 0.3) is 10.9 Å². The summed E-state index contributed by atoms with van der Waals surface area (Å²) in [5.74, 6) is -0.0734. The van der Waals surface area contributed by atoms with Crippen LogP contribution in [0.2, 0.25) is 0 Å². The van der Waals surface area contributed by atoms with Crippen LogP contribution in [-0.2, 0) is 0 Å². The van der Waals surface area contributed by atoms with Crippen LogP contribution in [0.5, 0.6) is 0 Å². The Hall–Kier alpha value is -1.16. The fraction of sp³-hybridized carbons (Fsp3) is 0.200. The van der Waals surface area contributed by atoms with Gasteiger partial charge in [-0.05, 0) is 24.6 Å². The summed E-state index contributed by atoms with van der Waals surface area (Å²) in [6.07, 6.45) is 1.70. The SMILES string of the molecule is CC(=O)n1ncc2cc(C)c(Br)cc21. The second-order valence-electron chi connectivity index (χ2n) is 3.24. The number of halogens is 1. The average molecular weight is 253 g/mol. The highest BCUT2D eigenvalue weighted by atomic mass is 79.9. The molecule has 0 radical (unpaired) electrons. The third kappa shape index (κ3) is 1.35. The lowest BCUT2D eigenvalue weighted by molar-refractivity contribution is 0.0927. The van der Waals surface area contributed by atoms with Gasteiger partial charge in [0.2, 0.25) is 5.91 Å². The number of rotatable bonds is 0. The monoisotopic (exact) mass is 252 g/mol. The van der Waals surface area contributed by atoms with Crippen molar-refractivity contribution in [3.8, 4) is 0 Å². The maximum Gasteiger partial charge on any atom is 0.244 e. The predicted molar refractivity (Wildman–Crippen MR) is 58.5 cm³/mol. The molecule has 2 rings (SSSR count). The fourth-order valence-electron chi connectivity index (χ4n) is 1.41. The molecule has 0 bridgehead atoms. The van der Waals surface area contributed by atoms with Crippen LogP contribution in [0.1, 0.15) is 17.3 Å². The van der Waals surface area contributed by atoms with Crippen LogP contribution >= 0.6 is 15.9 Å². The number of fused-ring (bicyclic) bond motifs is 1. The van der Waals surface area contributed by atoms with E-state index in [4.69, 9.17) is 0 Å². The molecule has 4 heteroatoms. The molecule has 0 unspecified atom stereocenters. The minimum absolute atomic E-state index is 0.0734. The van der Waals surface area contributed by atoms with Crippen molar-refractivity contribution in [3.05, 3.63) is 28.4 Å². The third-order valence-electron chi connectivity index (χ3n) is 2.15. The van der Waals surface area contributed by atoms with E-state index in [1.54, 1.807) is 6.20 Å². The number of aromatic nitrogens is 2. The van der Waals surface area contributed by atoms with Crippen molar-refractivity contribution >= 4 is 32.7 Å². The van der Waals surface area contributed by atoms with Crippen LogP contribution in [0.3, 0.4) is 0 Å². The smallest absolute Gasteiger partial charge is 0.244 e. The van der Waals surface area contributed by atoms with E-state index < -0.39 is 0 Å². The van der Waals surface area contributed by atoms with Crippen LogP contribution in [0, 0.1) is 6.92 Å². The highest BCUT2D eigenvalue weighted by Gasteiger charge is 2.07. The Morgan fingerprint density at radius 1 is 1.50 bits per heavy atom. The van der Waals surface area contributed by atoms with E-state index in [9.17, 15) is 4.79 Å². The summed E-state index contributed by atoms with van der Waals surface area (Å²) in [6, 6.07) is 3.92. The molecule has 0 aliphatic rings. The molecule has 0 aliphatic heterocycles. The molecule has 0 saturated heterocycles. The van der Waals surface area contributed by atoms with E-state index in [2.05, 4.69) is 21.0 Å². The van der Waals surface area contributed by atoms with Gasteiger partial charge in [-0.1, -0.05) is 15.9 Å². The molecule has 1 heterocycles. The number of hydrogen-bond donors (Lipinski definition) is 0. The molecule has 14 heavy (non-hydrogen) atoms. The Bertz CT molecular complexity index is 516. The molecular weight excluding hydrogens is 244 g/mol. The van der Waals surface area contributed by atoms with Gasteiger partial charge in [-0.25, -0.2) is 4.68 Å². The summed E-state index contributed by atoms with van der Waals surface area (Å²) in [5.41, 5.74) is 1.98. The van der Waals surface area contributed by atoms with Crippen molar-refractivity contribution < 1.29 is 4.79 Å². The number of benzene rings is 1. The second-order valence-corrected chi connectivity index (χ2v) is 4.09. The molecule has 0 aliphatic carbocycles. The molecule has 0 fully saturated rings. The molecule has 0 spiro atoms. The number of carbonyl (C=O) groups excluding carboxylic acids is 1. The van der Waals surface area contributed by atoms with Crippen LogP contribution in [0.4, 0.5) is 0 Å². The molecule has 2 aromatic rings. The minimum atomic E-state index is -0.0734. The van der Waals surface area contributed by atoms with Crippen molar-refractivity contribution in [2.75, 3.05) is 0 Å². The number of hydrogen-bond acceptors (Lipinski definition) is 2. The van der Waals surface area contributed by atoms with Crippen LogP contribution in [-0.4, -0.2) is 15.7 Å². The summed E-state index contributed by atoms with van der Waals surface area (Å²) < 4.78 is 2.40. The average Bonchev–Trinajstić information content (AvgIpc) is 2.48. The molecule has 1 aromatic heterocycles. The maximum atomic E-state index is 11.2. The Morgan fingerprint density at radius 2 is 2.21 bits per heavy atom. The number of nitrogens with zero attached hydrogens (tertiary/aromatic N) is 2. The highest BCUT2D eigenvalue weighted by Crippen LogP contribution is 2.23. The van der Waals surface area contributed by atoms with Crippen LogP contribution in [0.15, 0.2) is 22.8 Å². The van der Waals surface area contributed by atoms with E-state index in [0.717, 1.165) is 20.9 Å². The molecule has 0 N–H and O–H groups in total. The largest absolute Gasteiger partial charge is 0.273 e. The van der Waals surface area contributed by atoms with E-state index in [-0.39, 0.29) is 5.91 Å². The van der Waals surface area contributed by atoms with Gasteiger partial charge >= 0.3 is 0 Å². The van der Waals surface area contributed by atoms with Gasteiger partial charge in [0.05, 0.1) is 11.7 Å². The van der Waals surface area contributed by atoms with E-state index in [1.165, 1.54) is 11.6 Å². The lowest BCUT2D eigenvalue weighted by atomic mass is 10.2. The molecule has 1 aromatic carbocycles. The first-order valence-corrected chi connectivity index (χ1v) is 5.03.